The predicted molar refractivity (Wildman–Crippen MR) is 86.6 cm³/mol. The molecule has 0 atom stereocenters. The minimum atomic E-state index is -1.08. The van der Waals surface area contributed by atoms with Gasteiger partial charge in [-0.05, 0) is 24.3 Å². The van der Waals surface area contributed by atoms with E-state index in [2.05, 4.69) is 41.8 Å². The van der Waals surface area contributed by atoms with Crippen molar-refractivity contribution in [1.82, 2.24) is 9.97 Å². The second-order valence-electron chi connectivity index (χ2n) is 4.34. The summed E-state index contributed by atoms with van der Waals surface area (Å²) in [4.78, 5) is 31.0. The quantitative estimate of drug-likeness (QED) is 0.707. The number of hydrogen-bond donors (Lipinski definition) is 2. The lowest BCUT2D eigenvalue weighted by Crippen LogP contribution is -2.04. The maximum Gasteiger partial charge on any atom is 0.335 e. The van der Waals surface area contributed by atoms with Gasteiger partial charge in [-0.15, -0.1) is 0 Å². The highest BCUT2D eigenvalue weighted by atomic mass is 79.9. The van der Waals surface area contributed by atoms with E-state index in [1.165, 1.54) is 24.3 Å². The number of carboxylic acids is 2. The van der Waals surface area contributed by atoms with E-state index in [1.807, 2.05) is 0 Å². The average Bonchev–Trinajstić information content (AvgIpc) is 2.53. The standard InChI is InChI=1S/C14H10Br2N2O4/c15-5-9-1-7(13(19)20)3-11(17-9)12-4-8(14(21)22)2-10(6-16)18-12/h1-4H,5-6H2,(H,19,20)(H,21,22). The number of nitrogens with zero attached hydrogens (tertiary/aromatic N) is 2. The van der Waals surface area contributed by atoms with Crippen LogP contribution in [0.25, 0.3) is 11.4 Å². The minimum absolute atomic E-state index is 0.0716. The van der Waals surface area contributed by atoms with Crippen LogP contribution in [0.15, 0.2) is 24.3 Å². The third-order valence-corrected chi connectivity index (χ3v) is 3.94. The first-order chi connectivity index (χ1) is 10.4. The van der Waals surface area contributed by atoms with Gasteiger partial charge in [0.05, 0.1) is 33.9 Å². The molecular formula is C14H10Br2N2O4. The van der Waals surface area contributed by atoms with Crippen molar-refractivity contribution in [2.45, 2.75) is 10.7 Å². The molecule has 2 heterocycles. The molecule has 2 rings (SSSR count). The zero-order valence-corrected chi connectivity index (χ0v) is 14.3. The van der Waals surface area contributed by atoms with E-state index in [4.69, 9.17) is 10.2 Å². The molecule has 0 aliphatic rings. The Morgan fingerprint density at radius 1 is 0.818 bits per heavy atom. The summed E-state index contributed by atoms with van der Waals surface area (Å²) in [7, 11) is 0. The van der Waals surface area contributed by atoms with Crippen molar-refractivity contribution < 1.29 is 19.8 Å². The van der Waals surface area contributed by atoms with Crippen molar-refractivity contribution >= 4 is 43.8 Å². The highest BCUT2D eigenvalue weighted by Gasteiger charge is 2.14. The van der Waals surface area contributed by atoms with Crippen LogP contribution in [-0.2, 0) is 10.7 Å². The number of carbonyl (C=O) groups is 2. The van der Waals surface area contributed by atoms with Crippen LogP contribution in [0.3, 0.4) is 0 Å². The molecule has 0 aromatic carbocycles. The van der Waals surface area contributed by atoms with Crippen LogP contribution in [-0.4, -0.2) is 32.1 Å². The molecule has 0 saturated heterocycles. The van der Waals surface area contributed by atoms with E-state index in [9.17, 15) is 9.59 Å². The van der Waals surface area contributed by atoms with Gasteiger partial charge in [-0.2, -0.15) is 0 Å². The van der Waals surface area contributed by atoms with Crippen molar-refractivity contribution in [2.75, 3.05) is 0 Å². The van der Waals surface area contributed by atoms with Gasteiger partial charge in [0.25, 0.3) is 0 Å². The molecule has 2 N–H and O–H groups in total. The van der Waals surface area contributed by atoms with E-state index in [-0.39, 0.29) is 11.1 Å². The highest BCUT2D eigenvalue weighted by Crippen LogP contribution is 2.21. The maximum absolute atomic E-state index is 11.2. The molecule has 2 aromatic heterocycles. The van der Waals surface area contributed by atoms with Crippen LogP contribution in [0.5, 0.6) is 0 Å². The van der Waals surface area contributed by atoms with E-state index >= 15 is 0 Å². The monoisotopic (exact) mass is 428 g/mol. The van der Waals surface area contributed by atoms with Crippen LogP contribution in [0.2, 0.25) is 0 Å². The number of aromatic nitrogens is 2. The first-order valence-corrected chi connectivity index (χ1v) is 8.29. The summed E-state index contributed by atoms with van der Waals surface area (Å²) in [5.41, 5.74) is 1.83. The molecule has 0 saturated carbocycles. The second kappa shape index (κ2) is 6.97. The maximum atomic E-state index is 11.2. The minimum Gasteiger partial charge on any atom is -0.478 e. The Kier molecular flexibility index (Phi) is 5.25. The summed E-state index contributed by atoms with van der Waals surface area (Å²) >= 11 is 6.47. The lowest BCUT2D eigenvalue weighted by atomic mass is 10.1. The molecular weight excluding hydrogens is 420 g/mol. The Bertz CT molecular complexity index is 686. The van der Waals surface area contributed by atoms with Crippen LogP contribution in [0, 0.1) is 0 Å². The van der Waals surface area contributed by atoms with Crippen molar-refractivity contribution in [2.24, 2.45) is 0 Å². The van der Waals surface area contributed by atoms with Crippen molar-refractivity contribution in [3.05, 3.63) is 46.8 Å². The normalized spacial score (nSPS) is 10.5. The van der Waals surface area contributed by atoms with Gasteiger partial charge in [0.1, 0.15) is 0 Å². The van der Waals surface area contributed by atoms with E-state index in [1.54, 1.807) is 0 Å². The molecule has 0 bridgehead atoms. The number of pyridine rings is 2. The van der Waals surface area contributed by atoms with Gasteiger partial charge in [-0.25, -0.2) is 9.59 Å². The fraction of sp³-hybridized carbons (Fsp3) is 0.143. The zero-order valence-electron chi connectivity index (χ0n) is 11.1. The number of hydrogen-bond acceptors (Lipinski definition) is 4. The molecule has 0 unspecified atom stereocenters. The van der Waals surface area contributed by atoms with Crippen LogP contribution < -0.4 is 0 Å². The van der Waals surface area contributed by atoms with E-state index < -0.39 is 11.9 Å². The molecule has 0 aliphatic carbocycles. The van der Waals surface area contributed by atoms with E-state index in [0.717, 1.165) is 0 Å². The van der Waals surface area contributed by atoms with Gasteiger partial charge in [0.2, 0.25) is 0 Å². The molecule has 0 amide bonds. The Balaban J connectivity index is 2.64. The van der Waals surface area contributed by atoms with Gasteiger partial charge < -0.3 is 10.2 Å². The molecule has 22 heavy (non-hydrogen) atoms. The largest absolute Gasteiger partial charge is 0.478 e. The molecule has 2 aromatic rings. The number of carboxylic acid groups (broad SMARTS) is 2. The fourth-order valence-corrected chi connectivity index (χ4v) is 2.40. The first kappa shape index (κ1) is 16.6. The number of alkyl halides is 2. The molecule has 6 nitrogen and oxygen atoms in total. The van der Waals surface area contributed by atoms with Gasteiger partial charge in [0, 0.05) is 10.7 Å². The zero-order chi connectivity index (χ0) is 16.3. The predicted octanol–water partition coefficient (Wildman–Crippen LogP) is 3.33. The summed E-state index contributed by atoms with van der Waals surface area (Å²) < 4.78 is 0. The van der Waals surface area contributed by atoms with Gasteiger partial charge >= 0.3 is 11.9 Å². The highest BCUT2D eigenvalue weighted by molar-refractivity contribution is 9.08. The third kappa shape index (κ3) is 3.69. The Morgan fingerprint density at radius 3 is 1.45 bits per heavy atom. The summed E-state index contributed by atoms with van der Waals surface area (Å²) in [6, 6.07) is 5.65. The number of halogens is 2. The third-order valence-electron chi connectivity index (χ3n) is 2.79. The summed E-state index contributed by atoms with van der Waals surface area (Å²) in [6.07, 6.45) is 0. The summed E-state index contributed by atoms with van der Waals surface area (Å²) in [5.74, 6) is -2.16. The number of rotatable bonds is 5. The smallest absolute Gasteiger partial charge is 0.335 e. The summed E-state index contributed by atoms with van der Waals surface area (Å²) in [5, 5.41) is 19.1. The Morgan fingerprint density at radius 2 is 1.18 bits per heavy atom. The molecule has 8 heteroatoms. The average molecular weight is 430 g/mol. The summed E-state index contributed by atoms with van der Waals surface area (Å²) in [6.45, 7) is 0. The fourth-order valence-electron chi connectivity index (χ4n) is 1.82. The molecule has 0 spiro atoms. The topological polar surface area (TPSA) is 100 Å². The van der Waals surface area contributed by atoms with E-state index in [0.29, 0.717) is 33.4 Å². The van der Waals surface area contributed by atoms with Gasteiger partial charge in [0.15, 0.2) is 0 Å². The van der Waals surface area contributed by atoms with Gasteiger partial charge in [-0.1, -0.05) is 31.9 Å². The van der Waals surface area contributed by atoms with Gasteiger partial charge in [-0.3, -0.25) is 9.97 Å². The molecule has 114 valence electrons. The lowest BCUT2D eigenvalue weighted by molar-refractivity contribution is 0.0685. The second-order valence-corrected chi connectivity index (χ2v) is 5.46. The lowest BCUT2D eigenvalue weighted by Gasteiger charge is -2.07. The number of aromatic carboxylic acids is 2. The first-order valence-electron chi connectivity index (χ1n) is 6.05. The van der Waals surface area contributed by atoms with Crippen LogP contribution in [0.4, 0.5) is 0 Å². The van der Waals surface area contributed by atoms with Crippen molar-refractivity contribution in [3.8, 4) is 11.4 Å². The van der Waals surface area contributed by atoms with Crippen LogP contribution >= 0.6 is 31.9 Å². The Labute approximate surface area is 142 Å². The molecule has 0 aliphatic heterocycles. The Hall–Kier alpha value is -1.80. The van der Waals surface area contributed by atoms with Crippen LogP contribution in [0.1, 0.15) is 32.1 Å². The molecule has 0 radical (unpaired) electrons. The molecule has 0 fully saturated rings. The SMILES string of the molecule is O=C(O)c1cc(CBr)nc(-c2cc(C(=O)O)cc(CBr)n2)c1. The van der Waals surface area contributed by atoms with Crippen molar-refractivity contribution in [3.63, 3.8) is 0 Å². The van der Waals surface area contributed by atoms with Crippen molar-refractivity contribution in [1.29, 1.82) is 0 Å².